The van der Waals surface area contributed by atoms with Crippen LogP contribution in [-0.2, 0) is 20.1 Å². The lowest BCUT2D eigenvalue weighted by Gasteiger charge is -2.22. The summed E-state index contributed by atoms with van der Waals surface area (Å²) in [6.45, 7) is 3.25. The predicted molar refractivity (Wildman–Crippen MR) is 84.8 cm³/mol. The molecule has 0 saturated carbocycles. The largest absolute Gasteiger partial charge is 0.350 e. The Hall–Kier alpha value is -1.80. The number of likely N-dealkylation sites (N-methyl/N-ethyl adjacent to an activating group) is 1. The Morgan fingerprint density at radius 3 is 3.05 bits per heavy atom. The molecule has 1 aliphatic rings. The van der Waals surface area contributed by atoms with E-state index in [4.69, 9.17) is 0 Å². The minimum atomic E-state index is -0.106. The number of amides is 1. The molecule has 3 heterocycles. The van der Waals surface area contributed by atoms with Crippen molar-refractivity contribution in [2.75, 3.05) is 25.9 Å². The summed E-state index contributed by atoms with van der Waals surface area (Å²) in [6, 6.07) is 1.89. The molecule has 0 atom stereocenters. The molecular weight excluding hydrogens is 300 g/mol. The Morgan fingerprint density at radius 1 is 1.41 bits per heavy atom. The molecule has 0 radical (unpaired) electrons. The maximum atomic E-state index is 12.1. The van der Waals surface area contributed by atoms with Crippen molar-refractivity contribution in [2.24, 2.45) is 7.05 Å². The van der Waals surface area contributed by atoms with E-state index in [0.29, 0.717) is 12.2 Å². The van der Waals surface area contributed by atoms with Gasteiger partial charge in [-0.2, -0.15) is 5.10 Å². The summed E-state index contributed by atoms with van der Waals surface area (Å²) in [5.41, 5.74) is 1.61. The first-order valence-corrected chi connectivity index (χ1v) is 8.25. The Bertz CT molecular complexity index is 664. The summed E-state index contributed by atoms with van der Waals surface area (Å²) in [7, 11) is 4.03. The third kappa shape index (κ3) is 3.33. The number of rotatable bonds is 5. The topological polar surface area (TPSA) is 68.0 Å². The Labute approximate surface area is 133 Å². The maximum Gasteiger partial charge on any atom is 0.271 e. The van der Waals surface area contributed by atoms with Crippen molar-refractivity contribution >= 4 is 17.7 Å². The summed E-state index contributed by atoms with van der Waals surface area (Å²) in [5.74, 6) is 0.678. The van der Waals surface area contributed by atoms with E-state index in [1.807, 2.05) is 28.6 Å². The van der Waals surface area contributed by atoms with Crippen LogP contribution in [-0.4, -0.2) is 56.0 Å². The van der Waals surface area contributed by atoms with Crippen LogP contribution in [0, 0.1) is 0 Å². The zero-order valence-corrected chi connectivity index (χ0v) is 13.6. The molecule has 0 fully saturated rings. The lowest BCUT2D eigenvalue weighted by Crippen LogP contribution is -2.30. The average Bonchev–Trinajstić information content (AvgIpc) is 3.09. The van der Waals surface area contributed by atoms with Gasteiger partial charge in [-0.15, -0.1) is 0 Å². The maximum absolute atomic E-state index is 12.1. The third-order valence-electron chi connectivity index (χ3n) is 3.62. The molecule has 2 aromatic rings. The monoisotopic (exact) mass is 320 g/mol. The van der Waals surface area contributed by atoms with Gasteiger partial charge < -0.3 is 9.88 Å². The van der Waals surface area contributed by atoms with Crippen LogP contribution in [0.15, 0.2) is 23.6 Å². The zero-order chi connectivity index (χ0) is 15.5. The van der Waals surface area contributed by atoms with Crippen molar-refractivity contribution < 1.29 is 4.79 Å². The third-order valence-corrected chi connectivity index (χ3v) is 4.68. The Balaban J connectivity index is 1.49. The number of nitrogens with zero attached hydrogens (tertiary/aromatic N) is 5. The highest BCUT2D eigenvalue weighted by Crippen LogP contribution is 2.14. The predicted octanol–water partition coefficient (Wildman–Crippen LogP) is 0.584. The van der Waals surface area contributed by atoms with Crippen LogP contribution in [0.5, 0.6) is 0 Å². The van der Waals surface area contributed by atoms with Crippen LogP contribution in [0.3, 0.4) is 0 Å². The minimum Gasteiger partial charge on any atom is -0.350 e. The van der Waals surface area contributed by atoms with E-state index >= 15 is 0 Å². The van der Waals surface area contributed by atoms with Crippen LogP contribution in [0.4, 0.5) is 0 Å². The van der Waals surface area contributed by atoms with Gasteiger partial charge in [0.25, 0.3) is 5.91 Å². The molecule has 0 bridgehead atoms. The minimum absolute atomic E-state index is 0.106. The van der Waals surface area contributed by atoms with E-state index in [9.17, 15) is 4.79 Å². The molecule has 0 spiro atoms. The van der Waals surface area contributed by atoms with Crippen molar-refractivity contribution in [3.63, 3.8) is 0 Å². The smallest absolute Gasteiger partial charge is 0.271 e. The van der Waals surface area contributed by atoms with Gasteiger partial charge in [0.1, 0.15) is 5.69 Å². The Kier molecular flexibility index (Phi) is 4.49. The summed E-state index contributed by atoms with van der Waals surface area (Å²) >= 11 is 1.62. The number of imidazole rings is 1. The van der Waals surface area contributed by atoms with Crippen LogP contribution in [0.25, 0.3) is 0 Å². The molecule has 7 nitrogen and oxygen atoms in total. The van der Waals surface area contributed by atoms with Gasteiger partial charge in [0.2, 0.25) is 0 Å². The summed E-state index contributed by atoms with van der Waals surface area (Å²) in [5, 5.41) is 8.25. The first-order valence-electron chi connectivity index (χ1n) is 7.27. The van der Waals surface area contributed by atoms with Gasteiger partial charge in [0.15, 0.2) is 5.16 Å². The van der Waals surface area contributed by atoms with Crippen molar-refractivity contribution in [1.29, 1.82) is 0 Å². The Morgan fingerprint density at radius 2 is 2.27 bits per heavy atom. The lowest BCUT2D eigenvalue weighted by molar-refractivity contribution is 0.0950. The fraction of sp³-hybridized carbons (Fsp3) is 0.500. The van der Waals surface area contributed by atoms with Crippen LogP contribution in [0.1, 0.15) is 16.2 Å². The van der Waals surface area contributed by atoms with Crippen molar-refractivity contribution in [1.82, 2.24) is 29.5 Å². The second kappa shape index (κ2) is 6.53. The highest BCUT2D eigenvalue weighted by Gasteiger charge is 2.18. The second-order valence-electron chi connectivity index (χ2n) is 5.41. The highest BCUT2D eigenvalue weighted by molar-refractivity contribution is 7.99. The zero-order valence-electron chi connectivity index (χ0n) is 12.8. The van der Waals surface area contributed by atoms with Crippen molar-refractivity contribution in [2.45, 2.75) is 18.2 Å². The van der Waals surface area contributed by atoms with E-state index in [1.165, 1.54) is 0 Å². The molecule has 22 heavy (non-hydrogen) atoms. The van der Waals surface area contributed by atoms with Gasteiger partial charge in [-0.05, 0) is 13.1 Å². The van der Waals surface area contributed by atoms with E-state index in [0.717, 1.165) is 36.2 Å². The number of nitrogens with one attached hydrogen (secondary N) is 1. The van der Waals surface area contributed by atoms with E-state index in [2.05, 4.69) is 27.3 Å². The molecule has 0 aliphatic carbocycles. The number of fused-ring (bicyclic) bond motifs is 1. The number of aromatic nitrogens is 4. The molecule has 1 N–H and O–H groups in total. The van der Waals surface area contributed by atoms with Crippen LogP contribution < -0.4 is 5.32 Å². The number of thioether (sulfide) groups is 1. The van der Waals surface area contributed by atoms with Crippen LogP contribution >= 0.6 is 11.8 Å². The average molecular weight is 320 g/mol. The number of carbonyl (C=O) groups is 1. The quantitative estimate of drug-likeness (QED) is 0.645. The van der Waals surface area contributed by atoms with E-state index in [1.54, 1.807) is 18.0 Å². The van der Waals surface area contributed by atoms with Crippen LogP contribution in [0.2, 0.25) is 0 Å². The standard InChI is InChI=1S/C14H20N6OS/c1-18-6-7-20-11(10-18)9-12(17-20)13(21)15-4-8-22-14-16-3-5-19(14)2/h3,5,9H,4,6-8,10H2,1-2H3,(H,15,21). The number of hydrogen-bond donors (Lipinski definition) is 1. The fourth-order valence-corrected chi connectivity index (χ4v) is 3.18. The number of aryl methyl sites for hydroxylation is 1. The molecule has 2 aromatic heterocycles. The molecule has 1 aliphatic heterocycles. The van der Waals surface area contributed by atoms with E-state index < -0.39 is 0 Å². The molecule has 8 heteroatoms. The normalized spacial score (nSPS) is 14.8. The van der Waals surface area contributed by atoms with Gasteiger partial charge in [-0.25, -0.2) is 4.98 Å². The molecule has 0 saturated heterocycles. The first kappa shape index (κ1) is 15.1. The fourth-order valence-electron chi connectivity index (χ4n) is 2.40. The molecular formula is C14H20N6OS. The second-order valence-corrected chi connectivity index (χ2v) is 6.47. The van der Waals surface area contributed by atoms with Gasteiger partial charge >= 0.3 is 0 Å². The van der Waals surface area contributed by atoms with Gasteiger partial charge in [-0.3, -0.25) is 14.4 Å². The van der Waals surface area contributed by atoms with Crippen molar-refractivity contribution in [3.8, 4) is 0 Å². The molecule has 3 rings (SSSR count). The molecule has 118 valence electrons. The SMILES string of the molecule is CN1CCn2nc(C(=O)NCCSc3nccn3C)cc2C1. The van der Waals surface area contributed by atoms with Gasteiger partial charge in [-0.1, -0.05) is 11.8 Å². The molecule has 0 unspecified atom stereocenters. The van der Waals surface area contributed by atoms with Crippen molar-refractivity contribution in [3.05, 3.63) is 29.8 Å². The molecule has 1 amide bonds. The summed E-state index contributed by atoms with van der Waals surface area (Å²) in [4.78, 5) is 18.6. The van der Waals surface area contributed by atoms with Gasteiger partial charge in [0, 0.05) is 44.8 Å². The molecule has 0 aromatic carbocycles. The first-order chi connectivity index (χ1) is 10.6. The number of carbonyl (C=O) groups excluding carboxylic acids is 1. The summed E-state index contributed by atoms with van der Waals surface area (Å²) in [6.07, 6.45) is 3.68. The summed E-state index contributed by atoms with van der Waals surface area (Å²) < 4.78 is 3.89. The van der Waals surface area contributed by atoms with E-state index in [-0.39, 0.29) is 5.91 Å². The lowest BCUT2D eigenvalue weighted by atomic mass is 10.3. The van der Waals surface area contributed by atoms with Gasteiger partial charge in [0.05, 0.1) is 12.2 Å². The highest BCUT2D eigenvalue weighted by atomic mass is 32.2. The number of hydrogen-bond acceptors (Lipinski definition) is 5.